The fourth-order valence-electron chi connectivity index (χ4n) is 4.05. The fraction of sp³-hybridized carbons (Fsp3) is 0.348. The Morgan fingerprint density at radius 2 is 1.74 bits per heavy atom. The average molecular weight is 461 g/mol. The summed E-state index contributed by atoms with van der Waals surface area (Å²) in [6, 6.07) is 8.52. The molecule has 0 aliphatic carbocycles. The van der Waals surface area contributed by atoms with Crippen LogP contribution in [0.2, 0.25) is 5.02 Å². The van der Waals surface area contributed by atoms with E-state index >= 15 is 0 Å². The molecule has 31 heavy (non-hydrogen) atoms. The number of carbonyl (C=O) groups is 1. The van der Waals surface area contributed by atoms with Crippen LogP contribution in [0.1, 0.15) is 46.5 Å². The van der Waals surface area contributed by atoms with E-state index in [1.165, 1.54) is 0 Å². The predicted molar refractivity (Wildman–Crippen MR) is 122 cm³/mol. The van der Waals surface area contributed by atoms with E-state index in [2.05, 4.69) is 4.72 Å². The lowest BCUT2D eigenvalue weighted by atomic mass is 10.0. The molecule has 2 heterocycles. The minimum Gasteiger partial charge on any atom is -0.449 e. The first-order valence-corrected chi connectivity index (χ1v) is 12.2. The number of likely N-dealkylation sites (tertiary alicyclic amines) is 1. The highest BCUT2D eigenvalue weighted by atomic mass is 35.5. The molecule has 3 aromatic rings. The second-order valence-electron chi connectivity index (χ2n) is 8.02. The van der Waals surface area contributed by atoms with E-state index in [9.17, 15) is 13.2 Å². The molecule has 0 radical (unpaired) electrons. The predicted octanol–water partition coefficient (Wildman–Crippen LogP) is 5.44. The van der Waals surface area contributed by atoms with E-state index in [0.717, 1.165) is 24.8 Å². The van der Waals surface area contributed by atoms with Gasteiger partial charge >= 0.3 is 0 Å². The van der Waals surface area contributed by atoms with Crippen molar-refractivity contribution >= 4 is 44.2 Å². The van der Waals surface area contributed by atoms with Crippen LogP contribution < -0.4 is 4.72 Å². The maximum Gasteiger partial charge on any atom is 0.289 e. The Morgan fingerprint density at radius 3 is 2.42 bits per heavy atom. The molecule has 0 saturated carbocycles. The lowest BCUT2D eigenvalue weighted by Gasteiger charge is -2.25. The molecule has 2 aromatic carbocycles. The van der Waals surface area contributed by atoms with Crippen molar-refractivity contribution in [3.8, 4) is 0 Å². The number of amides is 1. The number of rotatable bonds is 4. The quantitative estimate of drug-likeness (QED) is 0.562. The monoisotopic (exact) mass is 460 g/mol. The number of fused-ring (bicyclic) bond motifs is 1. The van der Waals surface area contributed by atoms with Crippen molar-refractivity contribution in [3.63, 3.8) is 0 Å². The first-order valence-electron chi connectivity index (χ1n) is 10.3. The highest BCUT2D eigenvalue weighted by Crippen LogP contribution is 2.36. The largest absolute Gasteiger partial charge is 0.449 e. The summed E-state index contributed by atoms with van der Waals surface area (Å²) in [5, 5.41) is 0.923. The lowest BCUT2D eigenvalue weighted by molar-refractivity contribution is 0.0693. The van der Waals surface area contributed by atoms with Gasteiger partial charge in [0.1, 0.15) is 4.90 Å². The molecule has 8 heteroatoms. The normalized spacial score (nSPS) is 14.8. The van der Waals surface area contributed by atoms with Gasteiger partial charge < -0.3 is 9.32 Å². The van der Waals surface area contributed by atoms with E-state index in [1.54, 1.807) is 43.0 Å². The summed E-state index contributed by atoms with van der Waals surface area (Å²) in [4.78, 5) is 14.9. The Labute approximate surface area is 187 Å². The van der Waals surface area contributed by atoms with Gasteiger partial charge in [0.15, 0.2) is 11.3 Å². The first-order chi connectivity index (χ1) is 14.7. The van der Waals surface area contributed by atoms with Gasteiger partial charge in [0.2, 0.25) is 0 Å². The molecule has 0 atom stereocenters. The zero-order chi connectivity index (χ0) is 22.3. The summed E-state index contributed by atoms with van der Waals surface area (Å²) in [6.45, 7) is 6.76. The summed E-state index contributed by atoms with van der Waals surface area (Å²) in [6.07, 6.45) is 3.03. The van der Waals surface area contributed by atoms with Gasteiger partial charge in [-0.3, -0.25) is 9.52 Å². The van der Waals surface area contributed by atoms with Crippen LogP contribution in [0, 0.1) is 20.8 Å². The molecule has 0 spiro atoms. The summed E-state index contributed by atoms with van der Waals surface area (Å²) in [5.41, 5.74) is 2.50. The van der Waals surface area contributed by atoms with Gasteiger partial charge in [-0.15, -0.1) is 0 Å². The second kappa shape index (κ2) is 8.20. The molecule has 6 nitrogen and oxygen atoms in total. The summed E-state index contributed by atoms with van der Waals surface area (Å²) in [7, 11) is -4.02. The van der Waals surface area contributed by atoms with Crippen molar-refractivity contribution in [2.45, 2.75) is 44.9 Å². The Morgan fingerprint density at radius 1 is 1.06 bits per heavy atom. The number of nitrogens with zero attached hydrogens (tertiary/aromatic N) is 1. The molecule has 1 aliphatic rings. The maximum absolute atomic E-state index is 13.4. The molecule has 4 rings (SSSR count). The number of furan rings is 1. The number of nitrogens with one attached hydrogen (secondary N) is 1. The maximum atomic E-state index is 13.4. The van der Waals surface area contributed by atoms with Gasteiger partial charge in [-0.1, -0.05) is 23.7 Å². The molecular formula is C23H25ClN2O4S. The van der Waals surface area contributed by atoms with Crippen LogP contribution in [0.15, 0.2) is 39.6 Å². The van der Waals surface area contributed by atoms with E-state index in [1.807, 2.05) is 13.0 Å². The zero-order valence-electron chi connectivity index (χ0n) is 17.8. The molecule has 0 bridgehead atoms. The van der Waals surface area contributed by atoms with Crippen LogP contribution >= 0.6 is 11.6 Å². The van der Waals surface area contributed by atoms with Gasteiger partial charge in [0.25, 0.3) is 15.9 Å². The van der Waals surface area contributed by atoms with Crippen LogP contribution in [0.25, 0.3) is 11.0 Å². The zero-order valence-corrected chi connectivity index (χ0v) is 19.4. The number of aryl methyl sites for hydroxylation is 2. The average Bonchev–Trinajstić information content (AvgIpc) is 3.06. The smallest absolute Gasteiger partial charge is 0.289 e. The van der Waals surface area contributed by atoms with Gasteiger partial charge in [0.05, 0.1) is 10.7 Å². The van der Waals surface area contributed by atoms with Crippen LogP contribution in [0.5, 0.6) is 0 Å². The van der Waals surface area contributed by atoms with Crippen molar-refractivity contribution in [2.75, 3.05) is 17.8 Å². The fourth-order valence-corrected chi connectivity index (χ4v) is 5.82. The topological polar surface area (TPSA) is 79.6 Å². The van der Waals surface area contributed by atoms with E-state index < -0.39 is 10.0 Å². The third kappa shape index (κ3) is 3.92. The molecule has 164 valence electrons. The summed E-state index contributed by atoms with van der Waals surface area (Å²) >= 11 is 6.16. The van der Waals surface area contributed by atoms with Crippen molar-refractivity contribution in [3.05, 3.63) is 57.8 Å². The van der Waals surface area contributed by atoms with Crippen molar-refractivity contribution in [1.29, 1.82) is 0 Å². The van der Waals surface area contributed by atoms with E-state index in [4.69, 9.17) is 16.0 Å². The first kappa shape index (κ1) is 21.7. The number of piperidine rings is 1. The molecule has 1 aromatic heterocycles. The Balaban J connectivity index is 1.86. The Bertz CT molecular complexity index is 1270. The molecule has 1 amide bonds. The number of hydrogen-bond acceptors (Lipinski definition) is 4. The van der Waals surface area contributed by atoms with Crippen molar-refractivity contribution < 1.29 is 17.6 Å². The molecule has 1 saturated heterocycles. The Kier molecular flexibility index (Phi) is 5.75. The van der Waals surface area contributed by atoms with Crippen molar-refractivity contribution in [2.24, 2.45) is 0 Å². The number of para-hydroxylation sites is 1. The molecule has 0 unspecified atom stereocenters. The highest BCUT2D eigenvalue weighted by molar-refractivity contribution is 7.93. The van der Waals surface area contributed by atoms with Gasteiger partial charge in [-0.25, -0.2) is 8.42 Å². The number of carbonyl (C=O) groups excluding carboxylic acids is 1. The van der Waals surface area contributed by atoms with Crippen LogP contribution in [-0.2, 0) is 10.0 Å². The minimum absolute atomic E-state index is 0.0308. The third-order valence-corrected chi connectivity index (χ3v) is 7.76. The minimum atomic E-state index is -4.02. The number of hydrogen-bond donors (Lipinski definition) is 1. The standard InChI is InChI=1S/C23H25ClN2O4S/c1-14-13-17-16(3)20(23(27)26-11-7-4-8-12-26)30-21(17)22(15(14)2)31(28,29)25-19-10-6-5-9-18(19)24/h5-6,9-10,13,25H,4,7-8,11-12H2,1-3H3. The molecule has 1 fully saturated rings. The second-order valence-corrected chi connectivity index (χ2v) is 10.0. The van der Waals surface area contributed by atoms with Crippen LogP contribution in [0.4, 0.5) is 5.69 Å². The summed E-state index contributed by atoms with van der Waals surface area (Å²) in [5.74, 6) is 0.0159. The van der Waals surface area contributed by atoms with Gasteiger partial charge in [-0.05, 0) is 69.4 Å². The summed E-state index contributed by atoms with van der Waals surface area (Å²) < 4.78 is 35.4. The molecule has 1 N–H and O–H groups in total. The molecular weight excluding hydrogens is 436 g/mol. The number of benzene rings is 2. The third-order valence-electron chi connectivity index (χ3n) is 5.92. The lowest BCUT2D eigenvalue weighted by Crippen LogP contribution is -2.35. The van der Waals surface area contributed by atoms with Crippen LogP contribution in [0.3, 0.4) is 0 Å². The number of sulfonamides is 1. The number of halogens is 1. The SMILES string of the molecule is Cc1cc2c(C)c(C(=O)N3CCCCC3)oc2c(S(=O)(=O)Nc2ccccc2Cl)c1C. The Hall–Kier alpha value is -2.51. The van der Waals surface area contributed by atoms with Gasteiger partial charge in [-0.2, -0.15) is 0 Å². The van der Waals surface area contributed by atoms with Crippen molar-refractivity contribution in [1.82, 2.24) is 4.90 Å². The van der Waals surface area contributed by atoms with Gasteiger partial charge in [0, 0.05) is 24.0 Å². The molecule has 1 aliphatic heterocycles. The number of anilines is 1. The highest BCUT2D eigenvalue weighted by Gasteiger charge is 2.30. The van der Waals surface area contributed by atoms with E-state index in [-0.39, 0.29) is 27.8 Å². The van der Waals surface area contributed by atoms with E-state index in [0.29, 0.717) is 34.6 Å². The van der Waals surface area contributed by atoms with Crippen LogP contribution in [-0.4, -0.2) is 32.3 Å².